The molecule has 2 amide bonds. The van der Waals surface area contributed by atoms with Crippen LogP contribution in [0.15, 0.2) is 10.6 Å². The lowest BCUT2D eigenvalue weighted by Gasteiger charge is -2.02. The Labute approximate surface area is 76.5 Å². The Morgan fingerprint density at radius 1 is 1.62 bits per heavy atom. The Bertz CT molecular complexity index is 283. The van der Waals surface area contributed by atoms with E-state index in [-0.39, 0.29) is 6.03 Å². The number of nitrogens with zero attached hydrogens (tertiary/aromatic N) is 1. The second-order valence-electron chi connectivity index (χ2n) is 2.58. The molecule has 0 saturated heterocycles. The number of oxazole rings is 1. The molecule has 0 aliphatic carbocycles. The van der Waals surface area contributed by atoms with Crippen LogP contribution >= 0.6 is 0 Å². The van der Waals surface area contributed by atoms with Gasteiger partial charge >= 0.3 is 6.03 Å². The van der Waals surface area contributed by atoms with Crippen LogP contribution in [0.2, 0.25) is 0 Å². The van der Waals surface area contributed by atoms with Gasteiger partial charge in [0, 0.05) is 6.54 Å². The van der Waals surface area contributed by atoms with Crippen LogP contribution in [0, 0.1) is 6.92 Å². The quantitative estimate of drug-likeness (QED) is 0.728. The number of carbonyl (C=O) groups excluding carboxylic acids is 1. The van der Waals surface area contributed by atoms with E-state index in [4.69, 9.17) is 4.42 Å². The largest absolute Gasteiger partial charge is 0.444 e. The molecule has 1 heterocycles. The predicted molar refractivity (Wildman–Crippen MR) is 47.2 cm³/mol. The molecule has 2 N–H and O–H groups in total. The van der Waals surface area contributed by atoms with E-state index in [1.54, 1.807) is 6.20 Å². The van der Waals surface area contributed by atoms with Crippen molar-refractivity contribution in [1.82, 2.24) is 15.6 Å². The lowest BCUT2D eigenvalue weighted by atomic mass is 10.6. The van der Waals surface area contributed by atoms with Crippen molar-refractivity contribution >= 4 is 6.03 Å². The van der Waals surface area contributed by atoms with Crippen molar-refractivity contribution in [3.05, 3.63) is 17.8 Å². The maximum absolute atomic E-state index is 10.9. The van der Waals surface area contributed by atoms with Crippen LogP contribution in [0.4, 0.5) is 4.79 Å². The number of carbonyl (C=O) groups is 1. The summed E-state index contributed by atoms with van der Waals surface area (Å²) >= 11 is 0. The Balaban J connectivity index is 2.30. The normalized spacial score (nSPS) is 9.69. The summed E-state index contributed by atoms with van der Waals surface area (Å²) in [6.07, 6.45) is 1.62. The van der Waals surface area contributed by atoms with Crippen LogP contribution < -0.4 is 10.6 Å². The molecule has 0 radical (unpaired) electrons. The van der Waals surface area contributed by atoms with Crippen LogP contribution in [0.3, 0.4) is 0 Å². The number of amides is 2. The topological polar surface area (TPSA) is 67.2 Å². The van der Waals surface area contributed by atoms with Crippen molar-refractivity contribution in [2.75, 3.05) is 6.54 Å². The zero-order chi connectivity index (χ0) is 9.68. The molecule has 0 bridgehead atoms. The minimum Gasteiger partial charge on any atom is -0.444 e. The van der Waals surface area contributed by atoms with Crippen molar-refractivity contribution in [1.29, 1.82) is 0 Å². The fourth-order valence-electron chi connectivity index (χ4n) is 0.862. The second-order valence-corrected chi connectivity index (χ2v) is 2.58. The van der Waals surface area contributed by atoms with Crippen molar-refractivity contribution < 1.29 is 9.21 Å². The first-order valence-electron chi connectivity index (χ1n) is 4.15. The zero-order valence-corrected chi connectivity index (χ0v) is 7.76. The van der Waals surface area contributed by atoms with E-state index < -0.39 is 0 Å². The SMILES string of the molecule is CCNC(=O)NCc1ncc(C)o1. The number of hydrogen-bond acceptors (Lipinski definition) is 3. The van der Waals surface area contributed by atoms with Gasteiger partial charge in [0.2, 0.25) is 5.89 Å². The van der Waals surface area contributed by atoms with Crippen molar-refractivity contribution in [2.24, 2.45) is 0 Å². The van der Waals surface area contributed by atoms with E-state index in [2.05, 4.69) is 15.6 Å². The van der Waals surface area contributed by atoms with Crippen LogP contribution in [-0.2, 0) is 6.54 Å². The molecule has 0 saturated carbocycles. The molecule has 13 heavy (non-hydrogen) atoms. The minimum absolute atomic E-state index is 0.210. The first-order chi connectivity index (χ1) is 6.22. The lowest BCUT2D eigenvalue weighted by Crippen LogP contribution is -2.34. The standard InChI is InChI=1S/C8H13N3O2/c1-3-9-8(12)11-5-7-10-4-6(2)13-7/h4H,3,5H2,1-2H3,(H2,9,11,12). The number of aryl methyl sites for hydroxylation is 1. The summed E-state index contributed by atoms with van der Waals surface area (Å²) in [5.41, 5.74) is 0. The van der Waals surface area contributed by atoms with E-state index >= 15 is 0 Å². The third kappa shape index (κ3) is 3.14. The molecule has 1 rings (SSSR count). The van der Waals surface area contributed by atoms with Crippen LogP contribution in [0.25, 0.3) is 0 Å². The number of urea groups is 1. The fraction of sp³-hybridized carbons (Fsp3) is 0.500. The van der Waals surface area contributed by atoms with Gasteiger partial charge in [-0.2, -0.15) is 0 Å². The number of rotatable bonds is 3. The average Bonchev–Trinajstić information content (AvgIpc) is 2.49. The van der Waals surface area contributed by atoms with Gasteiger partial charge in [0.15, 0.2) is 0 Å². The first-order valence-corrected chi connectivity index (χ1v) is 4.15. The van der Waals surface area contributed by atoms with Gasteiger partial charge in [-0.3, -0.25) is 0 Å². The van der Waals surface area contributed by atoms with Gasteiger partial charge < -0.3 is 15.1 Å². The molecular weight excluding hydrogens is 170 g/mol. The molecule has 5 heteroatoms. The molecule has 0 aromatic carbocycles. The summed E-state index contributed by atoms with van der Waals surface area (Å²) in [4.78, 5) is 14.9. The molecule has 72 valence electrons. The van der Waals surface area contributed by atoms with Crippen LogP contribution in [0.5, 0.6) is 0 Å². The molecule has 0 atom stereocenters. The van der Waals surface area contributed by atoms with E-state index in [0.717, 1.165) is 5.76 Å². The van der Waals surface area contributed by atoms with Gasteiger partial charge in [0.1, 0.15) is 5.76 Å². The average molecular weight is 183 g/mol. The van der Waals surface area contributed by atoms with E-state index in [1.807, 2.05) is 13.8 Å². The predicted octanol–water partition coefficient (Wildman–Crippen LogP) is 0.802. The van der Waals surface area contributed by atoms with E-state index in [0.29, 0.717) is 19.0 Å². The Hall–Kier alpha value is -1.52. The van der Waals surface area contributed by atoms with Crippen LogP contribution in [0.1, 0.15) is 18.6 Å². The van der Waals surface area contributed by atoms with Gasteiger partial charge in [0.25, 0.3) is 0 Å². The van der Waals surface area contributed by atoms with Gasteiger partial charge in [-0.1, -0.05) is 0 Å². The first kappa shape index (κ1) is 9.57. The highest BCUT2D eigenvalue weighted by Crippen LogP contribution is 1.99. The summed E-state index contributed by atoms with van der Waals surface area (Å²) in [7, 11) is 0. The third-order valence-electron chi connectivity index (χ3n) is 1.41. The molecule has 0 unspecified atom stereocenters. The monoisotopic (exact) mass is 183 g/mol. The van der Waals surface area contributed by atoms with Crippen LogP contribution in [-0.4, -0.2) is 17.6 Å². The highest BCUT2D eigenvalue weighted by molar-refractivity contribution is 5.73. The Kier molecular flexibility index (Phi) is 3.31. The summed E-state index contributed by atoms with van der Waals surface area (Å²) < 4.78 is 5.16. The van der Waals surface area contributed by atoms with Crippen molar-refractivity contribution in [3.8, 4) is 0 Å². The minimum atomic E-state index is -0.210. The highest BCUT2D eigenvalue weighted by Gasteiger charge is 2.02. The van der Waals surface area contributed by atoms with Gasteiger partial charge in [0.05, 0.1) is 12.7 Å². The van der Waals surface area contributed by atoms with E-state index in [1.165, 1.54) is 0 Å². The molecule has 5 nitrogen and oxygen atoms in total. The molecule has 1 aromatic rings. The Morgan fingerprint density at radius 3 is 2.92 bits per heavy atom. The highest BCUT2D eigenvalue weighted by atomic mass is 16.4. The summed E-state index contributed by atoms with van der Waals surface area (Å²) in [6, 6.07) is -0.210. The molecular formula is C8H13N3O2. The number of hydrogen-bond donors (Lipinski definition) is 2. The third-order valence-corrected chi connectivity index (χ3v) is 1.41. The molecule has 1 aromatic heterocycles. The van der Waals surface area contributed by atoms with Gasteiger partial charge in [-0.15, -0.1) is 0 Å². The molecule has 0 aliphatic rings. The van der Waals surface area contributed by atoms with Gasteiger partial charge in [-0.25, -0.2) is 9.78 Å². The Morgan fingerprint density at radius 2 is 2.38 bits per heavy atom. The lowest BCUT2D eigenvalue weighted by molar-refractivity contribution is 0.239. The van der Waals surface area contributed by atoms with Crippen molar-refractivity contribution in [3.63, 3.8) is 0 Å². The maximum Gasteiger partial charge on any atom is 0.315 e. The summed E-state index contributed by atoms with van der Waals surface area (Å²) in [5, 5.41) is 5.21. The molecule has 0 fully saturated rings. The number of nitrogens with one attached hydrogen (secondary N) is 2. The number of aromatic nitrogens is 1. The summed E-state index contributed by atoms with van der Waals surface area (Å²) in [5.74, 6) is 1.26. The molecule has 0 spiro atoms. The zero-order valence-electron chi connectivity index (χ0n) is 7.76. The van der Waals surface area contributed by atoms with Gasteiger partial charge in [-0.05, 0) is 13.8 Å². The van der Waals surface area contributed by atoms with E-state index in [9.17, 15) is 4.79 Å². The second kappa shape index (κ2) is 4.49. The maximum atomic E-state index is 10.9. The van der Waals surface area contributed by atoms with Crippen molar-refractivity contribution in [2.45, 2.75) is 20.4 Å². The molecule has 0 aliphatic heterocycles. The summed E-state index contributed by atoms with van der Waals surface area (Å²) in [6.45, 7) is 4.59. The fourth-order valence-corrected chi connectivity index (χ4v) is 0.862. The smallest absolute Gasteiger partial charge is 0.315 e.